The van der Waals surface area contributed by atoms with E-state index in [1.54, 1.807) is 0 Å². The maximum Gasteiger partial charge on any atom is 0.237 e. The monoisotopic (exact) mass is 243 g/mol. The van der Waals surface area contributed by atoms with Gasteiger partial charge < -0.3 is 16.0 Å². The number of hydrogen-bond donors (Lipinski definition) is 2. The fraction of sp³-hybridized carbons (Fsp3) is 0.923. The Labute approximate surface area is 106 Å². The molecule has 0 heterocycles. The van der Waals surface area contributed by atoms with Crippen molar-refractivity contribution >= 4 is 5.91 Å². The van der Waals surface area contributed by atoms with Crippen molar-refractivity contribution in [3.8, 4) is 0 Å². The molecular formula is C13H29N3O. The molecule has 4 heteroatoms. The lowest BCUT2D eigenvalue weighted by atomic mass is 10.1. The van der Waals surface area contributed by atoms with Crippen molar-refractivity contribution < 1.29 is 4.79 Å². The molecule has 4 nitrogen and oxygen atoms in total. The SMILES string of the molecule is CCCC[C@H](N)C(=O)NC(C)CN(CC)CC. The van der Waals surface area contributed by atoms with Gasteiger partial charge in [0, 0.05) is 12.6 Å². The molecule has 0 spiro atoms. The Morgan fingerprint density at radius 2 is 1.88 bits per heavy atom. The second-order valence-electron chi connectivity index (χ2n) is 4.64. The van der Waals surface area contributed by atoms with Crippen LogP contribution in [0.15, 0.2) is 0 Å². The molecule has 0 radical (unpaired) electrons. The van der Waals surface area contributed by atoms with Crippen LogP contribution < -0.4 is 11.1 Å². The molecule has 0 aliphatic carbocycles. The molecule has 0 fully saturated rings. The van der Waals surface area contributed by atoms with Gasteiger partial charge in [-0.2, -0.15) is 0 Å². The smallest absolute Gasteiger partial charge is 0.237 e. The summed E-state index contributed by atoms with van der Waals surface area (Å²) in [6, 6.07) is -0.191. The molecule has 0 aromatic heterocycles. The van der Waals surface area contributed by atoms with E-state index in [0.717, 1.165) is 38.9 Å². The van der Waals surface area contributed by atoms with Gasteiger partial charge in [0.25, 0.3) is 0 Å². The number of nitrogens with two attached hydrogens (primary N) is 1. The molecule has 0 rings (SSSR count). The molecule has 17 heavy (non-hydrogen) atoms. The van der Waals surface area contributed by atoms with E-state index < -0.39 is 0 Å². The van der Waals surface area contributed by atoms with Gasteiger partial charge in [0.05, 0.1) is 6.04 Å². The predicted molar refractivity (Wildman–Crippen MR) is 72.9 cm³/mol. The van der Waals surface area contributed by atoms with Crippen molar-refractivity contribution in [3.05, 3.63) is 0 Å². The van der Waals surface area contributed by atoms with Crippen LogP contribution in [0.25, 0.3) is 0 Å². The number of nitrogens with zero attached hydrogens (tertiary/aromatic N) is 1. The molecule has 102 valence electrons. The molecule has 0 aromatic carbocycles. The van der Waals surface area contributed by atoms with E-state index in [-0.39, 0.29) is 18.0 Å². The Morgan fingerprint density at radius 1 is 1.29 bits per heavy atom. The minimum absolute atomic E-state index is 0.0156. The van der Waals surface area contributed by atoms with Crippen molar-refractivity contribution in [2.45, 2.75) is 59.0 Å². The van der Waals surface area contributed by atoms with E-state index in [1.165, 1.54) is 0 Å². The van der Waals surface area contributed by atoms with Gasteiger partial charge in [-0.25, -0.2) is 0 Å². The summed E-state index contributed by atoms with van der Waals surface area (Å²) in [6.45, 7) is 11.3. The highest BCUT2D eigenvalue weighted by Crippen LogP contribution is 1.99. The lowest BCUT2D eigenvalue weighted by Gasteiger charge is -2.24. The van der Waals surface area contributed by atoms with Crippen LogP contribution >= 0.6 is 0 Å². The van der Waals surface area contributed by atoms with Crippen LogP contribution in [0.1, 0.15) is 47.0 Å². The average molecular weight is 243 g/mol. The van der Waals surface area contributed by atoms with E-state index in [4.69, 9.17) is 5.73 Å². The molecule has 3 N–H and O–H groups in total. The molecule has 0 aliphatic heterocycles. The third-order valence-corrected chi connectivity index (χ3v) is 3.02. The zero-order valence-corrected chi connectivity index (χ0v) is 11.8. The largest absolute Gasteiger partial charge is 0.351 e. The van der Waals surface area contributed by atoms with Crippen LogP contribution in [0.2, 0.25) is 0 Å². The highest BCUT2D eigenvalue weighted by Gasteiger charge is 2.16. The Morgan fingerprint density at radius 3 is 2.35 bits per heavy atom. The zero-order chi connectivity index (χ0) is 13.3. The van der Waals surface area contributed by atoms with Crippen LogP contribution in [0, 0.1) is 0 Å². The first kappa shape index (κ1) is 16.4. The summed E-state index contributed by atoms with van der Waals surface area (Å²) in [5.41, 5.74) is 5.82. The van der Waals surface area contributed by atoms with Gasteiger partial charge in [0.1, 0.15) is 0 Å². The van der Waals surface area contributed by atoms with E-state index >= 15 is 0 Å². The summed E-state index contributed by atoms with van der Waals surface area (Å²) in [5, 5.41) is 2.98. The van der Waals surface area contributed by atoms with E-state index in [9.17, 15) is 4.79 Å². The van der Waals surface area contributed by atoms with Gasteiger partial charge in [-0.3, -0.25) is 4.79 Å². The first-order valence-corrected chi connectivity index (χ1v) is 6.83. The number of likely N-dealkylation sites (N-methyl/N-ethyl adjacent to an activating group) is 1. The fourth-order valence-electron chi connectivity index (χ4n) is 1.82. The van der Waals surface area contributed by atoms with Crippen molar-refractivity contribution in [2.75, 3.05) is 19.6 Å². The van der Waals surface area contributed by atoms with Crippen molar-refractivity contribution in [3.63, 3.8) is 0 Å². The fourth-order valence-corrected chi connectivity index (χ4v) is 1.82. The number of amides is 1. The molecule has 0 bridgehead atoms. The van der Waals surface area contributed by atoms with Crippen LogP contribution in [0.4, 0.5) is 0 Å². The third kappa shape index (κ3) is 7.34. The van der Waals surface area contributed by atoms with Crippen molar-refractivity contribution in [2.24, 2.45) is 5.73 Å². The van der Waals surface area contributed by atoms with Crippen molar-refractivity contribution in [1.82, 2.24) is 10.2 Å². The molecule has 0 saturated heterocycles. The van der Waals surface area contributed by atoms with Crippen molar-refractivity contribution in [1.29, 1.82) is 0 Å². The first-order chi connectivity index (χ1) is 8.04. The number of carbonyl (C=O) groups is 1. The van der Waals surface area contributed by atoms with Gasteiger partial charge in [0.15, 0.2) is 0 Å². The molecule has 1 amide bonds. The lowest BCUT2D eigenvalue weighted by molar-refractivity contribution is -0.123. The quantitative estimate of drug-likeness (QED) is 0.643. The summed E-state index contributed by atoms with van der Waals surface area (Å²) < 4.78 is 0. The van der Waals surface area contributed by atoms with Crippen LogP contribution in [0.5, 0.6) is 0 Å². The van der Waals surface area contributed by atoms with Crippen LogP contribution in [-0.4, -0.2) is 42.5 Å². The van der Waals surface area contributed by atoms with E-state index in [0.29, 0.717) is 0 Å². The second kappa shape index (κ2) is 9.42. The minimum atomic E-state index is -0.353. The Bertz CT molecular complexity index is 205. The minimum Gasteiger partial charge on any atom is -0.351 e. The first-order valence-electron chi connectivity index (χ1n) is 6.83. The number of nitrogens with one attached hydrogen (secondary N) is 1. The Hall–Kier alpha value is -0.610. The van der Waals surface area contributed by atoms with Gasteiger partial charge >= 0.3 is 0 Å². The normalized spacial score (nSPS) is 14.7. The highest BCUT2D eigenvalue weighted by molar-refractivity contribution is 5.81. The van der Waals surface area contributed by atoms with E-state index in [2.05, 4.69) is 31.0 Å². The van der Waals surface area contributed by atoms with E-state index in [1.807, 2.05) is 6.92 Å². The standard InChI is InChI=1S/C13H29N3O/c1-5-8-9-12(14)13(17)15-11(4)10-16(6-2)7-3/h11-12H,5-10,14H2,1-4H3,(H,15,17)/t11?,12-/m0/s1. The maximum atomic E-state index is 11.8. The number of carbonyl (C=O) groups excluding carboxylic acids is 1. The predicted octanol–water partition coefficient (Wildman–Crippen LogP) is 1.35. The van der Waals surface area contributed by atoms with Gasteiger partial charge in [0.2, 0.25) is 5.91 Å². The lowest BCUT2D eigenvalue weighted by Crippen LogP contribution is -2.48. The number of rotatable bonds is 9. The third-order valence-electron chi connectivity index (χ3n) is 3.02. The summed E-state index contributed by atoms with van der Waals surface area (Å²) in [6.07, 6.45) is 2.87. The molecule has 2 atom stereocenters. The number of hydrogen-bond acceptors (Lipinski definition) is 3. The summed E-state index contributed by atoms with van der Waals surface area (Å²) in [7, 11) is 0. The van der Waals surface area contributed by atoms with Crippen LogP contribution in [-0.2, 0) is 4.79 Å². The summed E-state index contributed by atoms with van der Waals surface area (Å²) >= 11 is 0. The van der Waals surface area contributed by atoms with Gasteiger partial charge in [-0.15, -0.1) is 0 Å². The Kier molecular flexibility index (Phi) is 9.09. The summed E-state index contributed by atoms with van der Waals surface area (Å²) in [5.74, 6) is -0.0156. The highest BCUT2D eigenvalue weighted by atomic mass is 16.2. The Balaban J connectivity index is 3.93. The number of unbranched alkanes of at least 4 members (excludes halogenated alkanes) is 1. The molecular weight excluding hydrogens is 214 g/mol. The summed E-state index contributed by atoms with van der Waals surface area (Å²) in [4.78, 5) is 14.1. The van der Waals surface area contributed by atoms with Crippen LogP contribution in [0.3, 0.4) is 0 Å². The molecule has 0 aromatic rings. The average Bonchev–Trinajstić information content (AvgIpc) is 2.32. The maximum absolute atomic E-state index is 11.8. The second-order valence-corrected chi connectivity index (χ2v) is 4.64. The van der Waals surface area contributed by atoms with Gasteiger partial charge in [-0.05, 0) is 26.4 Å². The molecule has 0 saturated carbocycles. The zero-order valence-electron chi connectivity index (χ0n) is 11.8. The van der Waals surface area contributed by atoms with Gasteiger partial charge in [-0.1, -0.05) is 33.6 Å². The molecule has 0 aliphatic rings. The molecule has 1 unspecified atom stereocenters. The topological polar surface area (TPSA) is 58.4 Å².